The fourth-order valence-corrected chi connectivity index (χ4v) is 4.18. The van der Waals surface area contributed by atoms with Gasteiger partial charge < -0.3 is 19.7 Å². The van der Waals surface area contributed by atoms with Gasteiger partial charge in [0.2, 0.25) is 5.91 Å². The fourth-order valence-electron chi connectivity index (χ4n) is 4.18. The summed E-state index contributed by atoms with van der Waals surface area (Å²) < 4.78 is 11.1. The van der Waals surface area contributed by atoms with Crippen LogP contribution in [0.15, 0.2) is 24.3 Å². The Kier molecular flexibility index (Phi) is 6.96. The van der Waals surface area contributed by atoms with Crippen molar-refractivity contribution in [1.29, 1.82) is 0 Å². The number of hydrogen-bond donors (Lipinski definition) is 1. The van der Waals surface area contributed by atoms with Crippen molar-refractivity contribution in [2.45, 2.75) is 25.7 Å². The number of amides is 1. The lowest BCUT2D eigenvalue weighted by atomic mass is 9.67. The van der Waals surface area contributed by atoms with Crippen molar-refractivity contribution in [2.75, 3.05) is 40.4 Å². The van der Waals surface area contributed by atoms with E-state index in [9.17, 15) is 4.79 Å². The van der Waals surface area contributed by atoms with Crippen LogP contribution in [0.4, 0.5) is 0 Å². The maximum atomic E-state index is 13.1. The van der Waals surface area contributed by atoms with E-state index in [1.165, 1.54) is 12.8 Å². The van der Waals surface area contributed by atoms with Crippen LogP contribution in [-0.4, -0.2) is 51.2 Å². The number of para-hydroxylation sites is 2. The van der Waals surface area contributed by atoms with E-state index in [0.29, 0.717) is 19.1 Å². The molecule has 140 valence electrons. The molecule has 25 heavy (non-hydrogen) atoms. The van der Waals surface area contributed by atoms with E-state index < -0.39 is 0 Å². The third kappa shape index (κ3) is 4.04. The van der Waals surface area contributed by atoms with E-state index in [4.69, 9.17) is 9.47 Å². The van der Waals surface area contributed by atoms with E-state index in [1.807, 2.05) is 36.2 Å². The molecule has 0 bridgehead atoms. The molecule has 2 aliphatic rings. The molecule has 5 nitrogen and oxygen atoms in total. The topological polar surface area (TPSA) is 50.8 Å². The predicted molar refractivity (Wildman–Crippen MR) is 101 cm³/mol. The maximum Gasteiger partial charge on any atom is 0.230 e. The first-order valence-corrected chi connectivity index (χ1v) is 8.89. The van der Waals surface area contributed by atoms with Crippen molar-refractivity contribution in [3.8, 4) is 11.5 Å². The molecule has 0 aromatic heterocycles. The lowest BCUT2D eigenvalue weighted by Crippen LogP contribution is -2.49. The van der Waals surface area contributed by atoms with Gasteiger partial charge in [-0.15, -0.1) is 12.4 Å². The summed E-state index contributed by atoms with van der Waals surface area (Å²) >= 11 is 0. The number of fused-ring (bicyclic) bond motifs is 1. The van der Waals surface area contributed by atoms with Crippen LogP contribution in [0, 0.1) is 11.3 Å². The van der Waals surface area contributed by atoms with Crippen LogP contribution in [0.3, 0.4) is 0 Å². The molecule has 0 unspecified atom stereocenters. The third-order valence-electron chi connectivity index (χ3n) is 5.56. The number of nitrogens with one attached hydrogen (secondary N) is 1. The average molecular weight is 369 g/mol. The highest BCUT2D eigenvalue weighted by atomic mass is 35.5. The minimum absolute atomic E-state index is 0. The zero-order chi connectivity index (χ0) is 17.0. The van der Waals surface area contributed by atoms with Crippen LogP contribution in [0.1, 0.15) is 25.7 Å². The summed E-state index contributed by atoms with van der Waals surface area (Å²) in [6, 6.07) is 7.59. The van der Waals surface area contributed by atoms with Crippen molar-refractivity contribution < 1.29 is 14.3 Å². The highest BCUT2D eigenvalue weighted by Crippen LogP contribution is 2.44. The van der Waals surface area contributed by atoms with Gasteiger partial charge in [-0.25, -0.2) is 0 Å². The molecule has 1 N–H and O–H groups in total. The van der Waals surface area contributed by atoms with Crippen LogP contribution < -0.4 is 14.8 Å². The first-order chi connectivity index (χ1) is 11.7. The molecule has 1 heterocycles. The fraction of sp³-hybridized carbons (Fsp3) is 0.632. The SMILES string of the molecule is COc1ccccc1OCCN(C)C(=O)[C@@]12CCCC[C@H]1CNC2.Cl. The minimum atomic E-state index is -0.183. The maximum absolute atomic E-state index is 13.1. The second-order valence-corrected chi connectivity index (χ2v) is 6.96. The van der Waals surface area contributed by atoms with E-state index in [2.05, 4.69) is 5.32 Å². The zero-order valence-corrected chi connectivity index (χ0v) is 15.9. The average Bonchev–Trinajstić information content (AvgIpc) is 3.06. The number of benzene rings is 1. The smallest absolute Gasteiger partial charge is 0.230 e. The van der Waals surface area contributed by atoms with Crippen molar-refractivity contribution >= 4 is 18.3 Å². The molecule has 1 aliphatic carbocycles. The van der Waals surface area contributed by atoms with Gasteiger partial charge in [0.1, 0.15) is 6.61 Å². The van der Waals surface area contributed by atoms with Gasteiger partial charge in [0.15, 0.2) is 11.5 Å². The van der Waals surface area contributed by atoms with E-state index in [1.54, 1.807) is 7.11 Å². The number of nitrogens with zero attached hydrogens (tertiary/aromatic N) is 1. The molecule has 1 aliphatic heterocycles. The number of methoxy groups -OCH3 is 1. The number of carbonyl (C=O) groups is 1. The summed E-state index contributed by atoms with van der Waals surface area (Å²) in [6.07, 6.45) is 4.60. The van der Waals surface area contributed by atoms with Crippen molar-refractivity contribution in [1.82, 2.24) is 10.2 Å². The van der Waals surface area contributed by atoms with E-state index >= 15 is 0 Å². The lowest BCUT2D eigenvalue weighted by Gasteiger charge is -2.39. The summed E-state index contributed by atoms with van der Waals surface area (Å²) in [7, 11) is 3.53. The molecule has 2 fully saturated rings. The second-order valence-electron chi connectivity index (χ2n) is 6.96. The van der Waals surface area contributed by atoms with Gasteiger partial charge in [0.05, 0.1) is 19.1 Å². The standard InChI is InChI=1S/C19H28N2O3.ClH/c1-21(11-12-24-17-9-4-3-8-16(17)23-2)18(22)19-10-6-5-7-15(19)13-20-14-19;/h3-4,8-9,15,20H,5-7,10-14H2,1-2H3;1H/t15-,19+;/m0./s1. The predicted octanol–water partition coefficient (Wildman–Crippen LogP) is 2.73. The Morgan fingerprint density at radius 2 is 2.08 bits per heavy atom. The molecule has 3 rings (SSSR count). The number of halogens is 1. The summed E-state index contributed by atoms with van der Waals surface area (Å²) in [4.78, 5) is 14.9. The van der Waals surface area contributed by atoms with E-state index in [-0.39, 0.29) is 23.7 Å². The van der Waals surface area contributed by atoms with Crippen molar-refractivity contribution in [2.24, 2.45) is 11.3 Å². The van der Waals surface area contributed by atoms with Gasteiger partial charge >= 0.3 is 0 Å². The van der Waals surface area contributed by atoms with Gasteiger partial charge in [-0.1, -0.05) is 25.0 Å². The van der Waals surface area contributed by atoms with Crippen LogP contribution in [0.25, 0.3) is 0 Å². The largest absolute Gasteiger partial charge is 0.493 e. The normalized spacial score (nSPS) is 24.8. The Hall–Kier alpha value is -1.46. The van der Waals surface area contributed by atoms with Crippen LogP contribution in [-0.2, 0) is 4.79 Å². The molecule has 0 radical (unpaired) electrons. The van der Waals surface area contributed by atoms with Gasteiger partial charge in [0.25, 0.3) is 0 Å². The van der Waals surface area contributed by atoms with Crippen LogP contribution >= 0.6 is 12.4 Å². The summed E-state index contributed by atoms with van der Waals surface area (Å²) in [5.74, 6) is 2.21. The molecule has 1 aromatic rings. The van der Waals surface area contributed by atoms with Crippen LogP contribution in [0.2, 0.25) is 0 Å². The van der Waals surface area contributed by atoms with Crippen LogP contribution in [0.5, 0.6) is 11.5 Å². The third-order valence-corrected chi connectivity index (χ3v) is 5.56. The van der Waals surface area contributed by atoms with Crippen molar-refractivity contribution in [3.05, 3.63) is 24.3 Å². The van der Waals surface area contributed by atoms with Gasteiger partial charge in [-0.3, -0.25) is 4.79 Å². The first kappa shape index (κ1) is 19.9. The summed E-state index contributed by atoms with van der Waals surface area (Å²) in [5.41, 5.74) is -0.183. The number of hydrogen-bond acceptors (Lipinski definition) is 4. The number of rotatable bonds is 6. The summed E-state index contributed by atoms with van der Waals surface area (Å²) in [5, 5.41) is 3.44. The molecular weight excluding hydrogens is 340 g/mol. The Labute approximate surface area is 156 Å². The number of ether oxygens (including phenoxy) is 2. The first-order valence-electron chi connectivity index (χ1n) is 8.89. The molecule has 1 aromatic carbocycles. The molecule has 1 amide bonds. The molecule has 6 heteroatoms. The highest BCUT2D eigenvalue weighted by molar-refractivity contribution is 5.85. The van der Waals surface area contributed by atoms with Gasteiger partial charge in [-0.2, -0.15) is 0 Å². The molecule has 1 saturated heterocycles. The lowest BCUT2D eigenvalue weighted by molar-refractivity contribution is -0.144. The van der Waals surface area contributed by atoms with E-state index in [0.717, 1.165) is 37.4 Å². The Morgan fingerprint density at radius 1 is 1.32 bits per heavy atom. The Bertz CT molecular complexity index is 584. The quantitative estimate of drug-likeness (QED) is 0.838. The number of likely N-dealkylation sites (N-methyl/N-ethyl adjacent to an activating group) is 1. The second kappa shape index (κ2) is 8.77. The Balaban J connectivity index is 0.00000225. The number of carbonyl (C=O) groups excluding carboxylic acids is 1. The van der Waals surface area contributed by atoms with Crippen molar-refractivity contribution in [3.63, 3.8) is 0 Å². The van der Waals surface area contributed by atoms with Gasteiger partial charge in [0, 0.05) is 13.6 Å². The molecular formula is C19H29ClN2O3. The molecule has 2 atom stereocenters. The molecule has 1 saturated carbocycles. The van der Waals surface area contributed by atoms with Gasteiger partial charge in [-0.05, 0) is 37.4 Å². The molecule has 0 spiro atoms. The zero-order valence-electron chi connectivity index (χ0n) is 15.1. The monoisotopic (exact) mass is 368 g/mol. The summed E-state index contributed by atoms with van der Waals surface area (Å²) in [6.45, 7) is 2.87. The minimum Gasteiger partial charge on any atom is -0.493 e. The highest BCUT2D eigenvalue weighted by Gasteiger charge is 2.50. The Morgan fingerprint density at radius 3 is 2.84 bits per heavy atom.